The highest BCUT2D eigenvalue weighted by atomic mass is 32.2. The number of hydrogen-bond acceptors (Lipinski definition) is 6. The zero-order valence-electron chi connectivity index (χ0n) is 9.71. The van der Waals surface area contributed by atoms with Crippen LogP contribution in [0.1, 0.15) is 12.5 Å². The summed E-state index contributed by atoms with van der Waals surface area (Å²) >= 11 is -0.0700. The molecule has 102 valence electrons. The molecule has 0 aliphatic heterocycles. The highest BCUT2D eigenvalue weighted by Crippen LogP contribution is 2.29. The van der Waals surface area contributed by atoms with Crippen LogP contribution in [0.25, 0.3) is 0 Å². The van der Waals surface area contributed by atoms with Crippen LogP contribution in [0.15, 0.2) is 6.33 Å². The fraction of sp³-hybridized carbons (Fsp3) is 0.556. The van der Waals surface area contributed by atoms with E-state index >= 15 is 0 Å². The molecule has 9 heteroatoms. The summed E-state index contributed by atoms with van der Waals surface area (Å²) < 4.78 is 35.8. The Bertz CT molecular complexity index is 385. The number of nitrogen functional groups attached to an aromatic ring is 1. The van der Waals surface area contributed by atoms with E-state index in [2.05, 4.69) is 20.7 Å². The summed E-state index contributed by atoms with van der Waals surface area (Å²) in [6.07, 6.45) is 1.92. The number of rotatable bonds is 6. The lowest BCUT2D eigenvalue weighted by molar-refractivity contribution is -0.0327. The largest absolute Gasteiger partial charge is 0.441 e. The third-order valence-electron chi connectivity index (χ3n) is 2.10. The van der Waals surface area contributed by atoms with Gasteiger partial charge in [0, 0.05) is 17.9 Å². The quantitative estimate of drug-likeness (QED) is 0.420. The Balaban J connectivity index is 2.57. The lowest BCUT2D eigenvalue weighted by Crippen LogP contribution is -2.15. The van der Waals surface area contributed by atoms with Crippen LogP contribution >= 0.6 is 11.8 Å². The van der Waals surface area contributed by atoms with E-state index in [-0.39, 0.29) is 24.1 Å². The number of hydrazine groups is 1. The van der Waals surface area contributed by atoms with E-state index in [0.29, 0.717) is 18.1 Å². The van der Waals surface area contributed by atoms with Crippen molar-refractivity contribution >= 4 is 23.4 Å². The predicted molar refractivity (Wildman–Crippen MR) is 66.2 cm³/mol. The molecule has 0 amide bonds. The smallest absolute Gasteiger partial charge is 0.369 e. The zero-order chi connectivity index (χ0) is 13.6. The van der Waals surface area contributed by atoms with Crippen molar-refractivity contribution in [1.82, 2.24) is 9.97 Å². The summed E-state index contributed by atoms with van der Waals surface area (Å²) in [4.78, 5) is 7.91. The number of alkyl halides is 3. The minimum Gasteiger partial charge on any atom is -0.369 e. The SMILES string of the molecule is CCc1c(NN)ncnc1NCCSC(F)(F)F. The topological polar surface area (TPSA) is 75.9 Å². The molecule has 5 nitrogen and oxygen atoms in total. The molecular weight excluding hydrogens is 267 g/mol. The summed E-state index contributed by atoms with van der Waals surface area (Å²) in [6, 6.07) is 0. The van der Waals surface area contributed by atoms with Crippen molar-refractivity contribution in [2.45, 2.75) is 18.9 Å². The van der Waals surface area contributed by atoms with E-state index < -0.39 is 5.51 Å². The first-order valence-electron chi connectivity index (χ1n) is 5.23. The van der Waals surface area contributed by atoms with Crippen molar-refractivity contribution in [2.75, 3.05) is 23.0 Å². The molecule has 1 aromatic heterocycles. The molecule has 18 heavy (non-hydrogen) atoms. The third-order valence-corrected chi connectivity index (χ3v) is 2.83. The standard InChI is InChI=1S/C9H14F3N5S/c1-2-6-7(15-5-16-8(6)17-13)14-3-4-18-9(10,11)12/h5H,2-4,13H2,1H3,(H2,14,15,16,17). The van der Waals surface area contributed by atoms with Gasteiger partial charge in [0.25, 0.3) is 0 Å². The second-order valence-electron chi connectivity index (χ2n) is 3.27. The van der Waals surface area contributed by atoms with Gasteiger partial charge >= 0.3 is 5.51 Å². The highest BCUT2D eigenvalue weighted by Gasteiger charge is 2.27. The van der Waals surface area contributed by atoms with Crippen molar-refractivity contribution in [3.8, 4) is 0 Å². The molecule has 1 rings (SSSR count). The Morgan fingerprint density at radius 2 is 2.00 bits per heavy atom. The van der Waals surface area contributed by atoms with Crippen LogP contribution in [0.3, 0.4) is 0 Å². The van der Waals surface area contributed by atoms with Crippen LogP contribution < -0.4 is 16.6 Å². The van der Waals surface area contributed by atoms with Gasteiger partial charge in [-0.3, -0.25) is 0 Å². The van der Waals surface area contributed by atoms with Gasteiger partial charge in [-0.2, -0.15) is 13.2 Å². The molecule has 0 fully saturated rings. The number of aromatic nitrogens is 2. The van der Waals surface area contributed by atoms with E-state index in [9.17, 15) is 13.2 Å². The van der Waals surface area contributed by atoms with E-state index in [1.807, 2.05) is 6.92 Å². The first-order valence-corrected chi connectivity index (χ1v) is 6.21. The maximum Gasteiger partial charge on any atom is 0.441 e. The van der Waals surface area contributed by atoms with Crippen molar-refractivity contribution < 1.29 is 13.2 Å². The van der Waals surface area contributed by atoms with Crippen LogP contribution in [0, 0.1) is 0 Å². The number of nitrogens with two attached hydrogens (primary N) is 1. The number of nitrogens with one attached hydrogen (secondary N) is 2. The molecule has 0 saturated carbocycles. The second-order valence-corrected chi connectivity index (χ2v) is 4.43. The van der Waals surface area contributed by atoms with Crippen LogP contribution in [-0.4, -0.2) is 27.8 Å². The lowest BCUT2D eigenvalue weighted by atomic mass is 10.2. The maximum atomic E-state index is 11.9. The van der Waals surface area contributed by atoms with Crippen LogP contribution in [0.4, 0.5) is 24.8 Å². The van der Waals surface area contributed by atoms with E-state index in [0.717, 1.165) is 5.56 Å². The number of hydrogen-bond donors (Lipinski definition) is 3. The number of halogens is 3. The van der Waals surface area contributed by atoms with E-state index in [4.69, 9.17) is 5.84 Å². The van der Waals surface area contributed by atoms with Crippen molar-refractivity contribution in [1.29, 1.82) is 0 Å². The van der Waals surface area contributed by atoms with Gasteiger partial charge in [-0.05, 0) is 18.2 Å². The Labute approximate surface area is 107 Å². The normalized spacial score (nSPS) is 11.4. The van der Waals surface area contributed by atoms with Crippen LogP contribution in [0.2, 0.25) is 0 Å². The van der Waals surface area contributed by atoms with Gasteiger partial charge in [0.15, 0.2) is 0 Å². The minimum absolute atomic E-state index is 0.0700. The van der Waals surface area contributed by atoms with Gasteiger partial charge in [0.1, 0.15) is 18.0 Å². The third kappa shape index (κ3) is 4.57. The molecule has 0 bridgehead atoms. The predicted octanol–water partition coefficient (Wildman–Crippen LogP) is 1.99. The Morgan fingerprint density at radius 1 is 1.33 bits per heavy atom. The average molecular weight is 281 g/mol. The first-order chi connectivity index (χ1) is 8.48. The lowest BCUT2D eigenvalue weighted by Gasteiger charge is -2.12. The first kappa shape index (κ1) is 14.8. The molecule has 0 aliphatic rings. The van der Waals surface area contributed by atoms with E-state index in [1.54, 1.807) is 0 Å². The zero-order valence-corrected chi connectivity index (χ0v) is 10.5. The molecule has 1 heterocycles. The summed E-state index contributed by atoms with van der Waals surface area (Å²) in [7, 11) is 0. The number of anilines is 2. The van der Waals surface area contributed by atoms with Gasteiger partial charge in [0.2, 0.25) is 0 Å². The van der Waals surface area contributed by atoms with Crippen LogP contribution in [0.5, 0.6) is 0 Å². The van der Waals surface area contributed by atoms with Gasteiger partial charge < -0.3 is 10.7 Å². The molecule has 0 unspecified atom stereocenters. The summed E-state index contributed by atoms with van der Waals surface area (Å²) in [5.41, 5.74) is -1.03. The Hall–Kier alpha value is -1.22. The molecule has 0 aromatic carbocycles. The molecule has 0 radical (unpaired) electrons. The van der Waals surface area contributed by atoms with E-state index in [1.165, 1.54) is 6.33 Å². The number of thioether (sulfide) groups is 1. The molecule has 0 atom stereocenters. The monoisotopic (exact) mass is 281 g/mol. The molecule has 0 saturated heterocycles. The minimum atomic E-state index is -4.20. The van der Waals surface area contributed by atoms with Gasteiger partial charge in [-0.1, -0.05) is 6.92 Å². The number of nitrogens with zero attached hydrogens (tertiary/aromatic N) is 2. The maximum absolute atomic E-state index is 11.9. The van der Waals surface area contributed by atoms with Crippen LogP contribution in [-0.2, 0) is 6.42 Å². The fourth-order valence-electron chi connectivity index (χ4n) is 1.36. The molecule has 1 aromatic rings. The van der Waals surface area contributed by atoms with Gasteiger partial charge in [-0.25, -0.2) is 15.8 Å². The van der Waals surface area contributed by atoms with Crippen molar-refractivity contribution in [2.24, 2.45) is 5.84 Å². The van der Waals surface area contributed by atoms with Gasteiger partial charge in [0.05, 0.1) is 0 Å². The average Bonchev–Trinajstić information content (AvgIpc) is 2.32. The molecular formula is C9H14F3N5S. The fourth-order valence-corrected chi connectivity index (χ4v) is 1.80. The Kier molecular flexibility index (Phi) is 5.48. The summed E-state index contributed by atoms with van der Waals surface area (Å²) in [5.74, 6) is 6.18. The molecule has 0 aliphatic carbocycles. The Morgan fingerprint density at radius 3 is 2.56 bits per heavy atom. The highest BCUT2D eigenvalue weighted by molar-refractivity contribution is 8.00. The second kappa shape index (κ2) is 6.64. The van der Waals surface area contributed by atoms with Gasteiger partial charge in [-0.15, -0.1) is 0 Å². The molecule has 0 spiro atoms. The van der Waals surface area contributed by atoms with Crippen molar-refractivity contribution in [3.05, 3.63) is 11.9 Å². The van der Waals surface area contributed by atoms with Crippen molar-refractivity contribution in [3.63, 3.8) is 0 Å². The molecule has 4 N–H and O–H groups in total. The summed E-state index contributed by atoms with van der Waals surface area (Å²) in [5, 5.41) is 2.84. The summed E-state index contributed by atoms with van der Waals surface area (Å²) in [6.45, 7) is 2.05.